The van der Waals surface area contributed by atoms with Gasteiger partial charge in [-0.3, -0.25) is 0 Å². The lowest BCUT2D eigenvalue weighted by molar-refractivity contribution is -0.0218. The number of rotatable bonds is 2. The van der Waals surface area contributed by atoms with Crippen molar-refractivity contribution >= 4 is 21.7 Å². The SMILES string of the molecule is CO[C@@H]1CCN(c2cc(Br)ccn2)C[C@H]1O. The molecule has 0 amide bonds. The van der Waals surface area contributed by atoms with Crippen LogP contribution in [0.4, 0.5) is 5.82 Å². The number of aromatic nitrogens is 1. The van der Waals surface area contributed by atoms with E-state index in [9.17, 15) is 5.11 Å². The van der Waals surface area contributed by atoms with Gasteiger partial charge in [0.1, 0.15) is 5.82 Å². The van der Waals surface area contributed by atoms with Crippen molar-refractivity contribution in [2.45, 2.75) is 18.6 Å². The van der Waals surface area contributed by atoms with Gasteiger partial charge in [0.05, 0.1) is 12.2 Å². The highest BCUT2D eigenvalue weighted by Gasteiger charge is 2.28. The summed E-state index contributed by atoms with van der Waals surface area (Å²) in [6.45, 7) is 1.43. The molecule has 2 atom stereocenters. The Labute approximate surface area is 103 Å². The lowest BCUT2D eigenvalue weighted by Crippen LogP contribution is -2.47. The number of nitrogens with zero attached hydrogens (tertiary/aromatic N) is 2. The van der Waals surface area contributed by atoms with Gasteiger partial charge in [0, 0.05) is 30.9 Å². The molecule has 16 heavy (non-hydrogen) atoms. The van der Waals surface area contributed by atoms with E-state index in [1.165, 1.54) is 0 Å². The number of piperidine rings is 1. The van der Waals surface area contributed by atoms with Crippen LogP contribution in [0, 0.1) is 0 Å². The molecule has 0 bridgehead atoms. The summed E-state index contributed by atoms with van der Waals surface area (Å²) < 4.78 is 6.21. The third-order valence-electron chi connectivity index (χ3n) is 2.85. The van der Waals surface area contributed by atoms with Gasteiger partial charge in [-0.2, -0.15) is 0 Å². The molecule has 1 saturated heterocycles. The van der Waals surface area contributed by atoms with Gasteiger partial charge in [-0.25, -0.2) is 4.98 Å². The number of halogens is 1. The second-order valence-electron chi connectivity index (χ2n) is 3.91. The average molecular weight is 287 g/mol. The number of aliphatic hydroxyl groups excluding tert-OH is 1. The van der Waals surface area contributed by atoms with E-state index in [0.29, 0.717) is 6.54 Å². The first-order valence-corrected chi connectivity index (χ1v) is 6.07. The fourth-order valence-corrected chi connectivity index (χ4v) is 2.28. The Kier molecular flexibility index (Phi) is 3.78. The van der Waals surface area contributed by atoms with E-state index in [2.05, 4.69) is 25.8 Å². The van der Waals surface area contributed by atoms with Crippen LogP contribution in [0.1, 0.15) is 6.42 Å². The summed E-state index contributed by atoms with van der Waals surface area (Å²) in [7, 11) is 1.64. The summed E-state index contributed by atoms with van der Waals surface area (Å²) in [6.07, 6.45) is 2.09. The van der Waals surface area contributed by atoms with E-state index in [1.54, 1.807) is 13.3 Å². The van der Waals surface area contributed by atoms with E-state index in [0.717, 1.165) is 23.3 Å². The van der Waals surface area contributed by atoms with Crippen LogP contribution in [0.3, 0.4) is 0 Å². The third kappa shape index (κ3) is 2.53. The zero-order valence-corrected chi connectivity index (χ0v) is 10.7. The van der Waals surface area contributed by atoms with Gasteiger partial charge in [0.15, 0.2) is 0 Å². The lowest BCUT2D eigenvalue weighted by Gasteiger charge is -2.35. The quantitative estimate of drug-likeness (QED) is 0.894. The largest absolute Gasteiger partial charge is 0.389 e. The molecule has 4 nitrogen and oxygen atoms in total. The standard InChI is InChI=1S/C11H15BrN2O2/c1-16-10-3-5-14(7-9(10)15)11-6-8(12)2-4-13-11/h2,4,6,9-10,15H,3,5,7H2,1H3/t9-,10-/m1/s1. The number of pyridine rings is 1. The highest BCUT2D eigenvalue weighted by molar-refractivity contribution is 9.10. The predicted molar refractivity (Wildman–Crippen MR) is 65.6 cm³/mol. The number of methoxy groups -OCH3 is 1. The zero-order valence-electron chi connectivity index (χ0n) is 9.14. The number of ether oxygens (including phenoxy) is 1. The maximum absolute atomic E-state index is 9.86. The van der Waals surface area contributed by atoms with E-state index in [4.69, 9.17) is 4.74 Å². The van der Waals surface area contributed by atoms with Crippen LogP contribution in [-0.2, 0) is 4.74 Å². The molecular weight excluding hydrogens is 272 g/mol. The molecule has 1 aliphatic rings. The molecule has 0 saturated carbocycles. The van der Waals surface area contributed by atoms with E-state index >= 15 is 0 Å². The van der Waals surface area contributed by atoms with Crippen LogP contribution in [0.25, 0.3) is 0 Å². The molecule has 1 aromatic heterocycles. The smallest absolute Gasteiger partial charge is 0.129 e. The van der Waals surface area contributed by atoms with Crippen molar-refractivity contribution in [1.29, 1.82) is 0 Å². The van der Waals surface area contributed by atoms with Gasteiger partial charge in [0.2, 0.25) is 0 Å². The second-order valence-corrected chi connectivity index (χ2v) is 4.82. The van der Waals surface area contributed by atoms with Crippen molar-refractivity contribution in [3.8, 4) is 0 Å². The Morgan fingerprint density at radius 3 is 3.06 bits per heavy atom. The van der Waals surface area contributed by atoms with Gasteiger partial charge in [-0.1, -0.05) is 15.9 Å². The minimum atomic E-state index is -0.445. The van der Waals surface area contributed by atoms with E-state index in [-0.39, 0.29) is 6.10 Å². The molecule has 0 spiro atoms. The Morgan fingerprint density at radius 2 is 2.44 bits per heavy atom. The van der Waals surface area contributed by atoms with Crippen molar-refractivity contribution in [1.82, 2.24) is 4.98 Å². The topological polar surface area (TPSA) is 45.6 Å². The summed E-state index contributed by atoms with van der Waals surface area (Å²) in [4.78, 5) is 6.37. The molecule has 5 heteroatoms. The van der Waals surface area contributed by atoms with Crippen LogP contribution in [0.2, 0.25) is 0 Å². The van der Waals surface area contributed by atoms with E-state index in [1.807, 2.05) is 12.1 Å². The third-order valence-corrected chi connectivity index (χ3v) is 3.35. The Bertz CT molecular complexity index is 362. The zero-order chi connectivity index (χ0) is 11.5. The maximum atomic E-state index is 9.86. The maximum Gasteiger partial charge on any atom is 0.129 e. The summed E-state index contributed by atoms with van der Waals surface area (Å²) in [5.74, 6) is 0.892. The first kappa shape index (κ1) is 11.8. The van der Waals surface area contributed by atoms with Crippen molar-refractivity contribution in [3.63, 3.8) is 0 Å². The monoisotopic (exact) mass is 286 g/mol. The highest BCUT2D eigenvalue weighted by Crippen LogP contribution is 2.22. The molecule has 0 radical (unpaired) electrons. The van der Waals surface area contributed by atoms with Crippen LogP contribution < -0.4 is 4.90 Å². The Balaban J connectivity index is 2.07. The molecule has 0 aromatic carbocycles. The van der Waals surface area contributed by atoms with Gasteiger partial charge in [-0.15, -0.1) is 0 Å². The number of aliphatic hydroxyl groups is 1. The predicted octanol–water partition coefficient (Wildman–Crippen LogP) is 1.43. The minimum Gasteiger partial charge on any atom is -0.389 e. The Morgan fingerprint density at radius 1 is 1.62 bits per heavy atom. The first-order chi connectivity index (χ1) is 7.70. The van der Waals surface area contributed by atoms with E-state index < -0.39 is 6.10 Å². The number of hydrogen-bond acceptors (Lipinski definition) is 4. The van der Waals surface area contributed by atoms with Crippen molar-refractivity contribution in [2.75, 3.05) is 25.1 Å². The van der Waals surface area contributed by atoms with Crippen LogP contribution in [0.5, 0.6) is 0 Å². The summed E-state index contributed by atoms with van der Waals surface area (Å²) in [6, 6.07) is 3.85. The van der Waals surface area contributed by atoms with Crippen molar-refractivity contribution < 1.29 is 9.84 Å². The summed E-state index contributed by atoms with van der Waals surface area (Å²) in [5.41, 5.74) is 0. The van der Waals surface area contributed by atoms with Crippen molar-refractivity contribution in [3.05, 3.63) is 22.8 Å². The lowest BCUT2D eigenvalue weighted by atomic mass is 10.1. The van der Waals surface area contributed by atoms with Gasteiger partial charge < -0.3 is 14.7 Å². The highest BCUT2D eigenvalue weighted by atomic mass is 79.9. The van der Waals surface area contributed by atoms with Crippen molar-refractivity contribution in [2.24, 2.45) is 0 Å². The van der Waals surface area contributed by atoms with Gasteiger partial charge in [0.25, 0.3) is 0 Å². The van der Waals surface area contributed by atoms with Gasteiger partial charge in [-0.05, 0) is 18.6 Å². The molecule has 2 rings (SSSR count). The molecule has 1 aliphatic heterocycles. The van der Waals surface area contributed by atoms with Crippen LogP contribution in [-0.4, -0.2) is 42.5 Å². The molecule has 1 fully saturated rings. The molecule has 88 valence electrons. The molecule has 1 N–H and O–H groups in total. The Hall–Kier alpha value is -0.650. The average Bonchev–Trinajstić information content (AvgIpc) is 2.29. The normalized spacial score (nSPS) is 25.8. The molecule has 0 unspecified atom stereocenters. The van der Waals surface area contributed by atoms with Crippen LogP contribution in [0.15, 0.2) is 22.8 Å². The molecule has 2 heterocycles. The molecular formula is C11H15BrN2O2. The summed E-state index contributed by atoms with van der Waals surface area (Å²) >= 11 is 3.42. The number of hydrogen-bond donors (Lipinski definition) is 1. The number of anilines is 1. The molecule has 0 aliphatic carbocycles. The minimum absolute atomic E-state index is 0.0524. The molecule has 1 aromatic rings. The fraction of sp³-hybridized carbons (Fsp3) is 0.545. The second kappa shape index (κ2) is 5.12. The van der Waals surface area contributed by atoms with Crippen LogP contribution >= 0.6 is 15.9 Å². The van der Waals surface area contributed by atoms with Gasteiger partial charge >= 0.3 is 0 Å². The summed E-state index contributed by atoms with van der Waals surface area (Å²) in [5, 5.41) is 9.86. The first-order valence-electron chi connectivity index (χ1n) is 5.28. The fourth-order valence-electron chi connectivity index (χ4n) is 1.96. The number of β-amino-alcohol motifs (C(OH)–C–C–N with tert-alkyl or cyclic N) is 1.